The smallest absolute Gasteiger partial charge is 0.140 e. The summed E-state index contributed by atoms with van der Waals surface area (Å²) in [5.74, 6) is 1.83. The first-order valence-corrected chi connectivity index (χ1v) is 29.4. The summed E-state index contributed by atoms with van der Waals surface area (Å²) < 4.78 is 13.5. The zero-order valence-corrected chi connectivity index (χ0v) is 46.2. The van der Waals surface area contributed by atoms with Gasteiger partial charge < -0.3 is 14.1 Å². The highest BCUT2D eigenvalue weighted by atomic mass is 16.5. The third kappa shape index (κ3) is 6.78. The summed E-state index contributed by atoms with van der Waals surface area (Å²) in [6.45, 7) is 0. The Labute approximate surface area is 492 Å². The van der Waals surface area contributed by atoms with Crippen LogP contribution in [0.2, 0.25) is 0 Å². The van der Waals surface area contributed by atoms with E-state index in [4.69, 9.17) is 9.15 Å². The predicted octanol–water partition coefficient (Wildman–Crippen LogP) is 21.5. The maximum absolute atomic E-state index is 7.29. The van der Waals surface area contributed by atoms with E-state index < -0.39 is 10.8 Å². The molecule has 0 fully saturated rings. The van der Waals surface area contributed by atoms with Gasteiger partial charge in [-0.15, -0.1) is 0 Å². The van der Waals surface area contributed by atoms with Crippen LogP contribution in [0, 0.1) is 0 Å². The van der Waals surface area contributed by atoms with Crippen LogP contribution in [0.1, 0.15) is 44.5 Å². The Kier molecular flexibility index (Phi) is 10.2. The van der Waals surface area contributed by atoms with Gasteiger partial charge in [-0.2, -0.15) is 0 Å². The topological polar surface area (TPSA) is 25.6 Å². The number of anilines is 3. The van der Waals surface area contributed by atoms with E-state index in [0.717, 1.165) is 105 Å². The number of furan rings is 1. The highest BCUT2D eigenvalue weighted by molar-refractivity contribution is 6.07. The van der Waals surface area contributed by atoms with Crippen molar-refractivity contribution in [2.45, 2.75) is 10.8 Å². The SMILES string of the molecule is c1ccc(C2(c3ccccc3)c3ccccc3-c3ccc(N(c4ccc(-c5ccc6c(c5)C5(c7ccccc7-6)c6ccc7ccccc7c6Oc6c5ccc5ccccc65)cc4)c4ccc(-c5ccc6oc7ccccc7c6c5)cc4)cc32)cc1. The van der Waals surface area contributed by atoms with Crippen LogP contribution in [0.5, 0.6) is 11.5 Å². The standard InChI is InChI=1S/C82H51NO2/c1-3-19-58(20-4-1)81(59-21-5-2-6-22-59)71-28-14-11-25-65(71)68-45-43-62(51-76(68)81)83(60-39-31-52(32-40-60)56-38-48-78-70(49-56)69-27-13-16-30-77(69)84-78)61-41-33-53(34-42-61)57-35-44-67-66-26-12-15-29-72(66)82(75(67)50-57)73-46-36-54-17-7-9-23-63(54)79(73)85-80-64-24-10-8-18-55(64)37-47-74(80)82/h1-51H. The molecule has 0 atom stereocenters. The molecule has 3 heteroatoms. The van der Waals surface area contributed by atoms with Gasteiger partial charge in [-0.3, -0.25) is 0 Å². The molecule has 18 rings (SSSR count). The average molecular weight is 1080 g/mol. The lowest BCUT2D eigenvalue weighted by atomic mass is 9.65. The molecule has 0 bridgehead atoms. The molecule has 0 radical (unpaired) electrons. The molecule has 1 aliphatic heterocycles. The van der Waals surface area contributed by atoms with Crippen molar-refractivity contribution in [3.63, 3.8) is 0 Å². The quantitative estimate of drug-likeness (QED) is 0.159. The number of hydrogen-bond acceptors (Lipinski definition) is 3. The minimum atomic E-state index is -0.651. The van der Waals surface area contributed by atoms with Gasteiger partial charge in [-0.05, 0) is 149 Å². The fourth-order valence-corrected chi connectivity index (χ4v) is 15.1. The zero-order chi connectivity index (χ0) is 55.8. The lowest BCUT2D eigenvalue weighted by Gasteiger charge is -2.40. The molecular formula is C82H51NO2. The molecule has 14 aromatic carbocycles. The first-order chi connectivity index (χ1) is 42.1. The minimum absolute atomic E-state index is 0.560. The number of benzene rings is 14. The molecule has 2 aliphatic carbocycles. The zero-order valence-electron chi connectivity index (χ0n) is 46.2. The number of fused-ring (bicyclic) bond motifs is 19. The van der Waals surface area contributed by atoms with Crippen molar-refractivity contribution < 1.29 is 9.15 Å². The van der Waals surface area contributed by atoms with E-state index in [2.05, 4.69) is 302 Å². The summed E-state index contributed by atoms with van der Waals surface area (Å²) in [5, 5.41) is 6.77. The van der Waals surface area contributed by atoms with Crippen LogP contribution < -0.4 is 9.64 Å². The Morgan fingerprint density at radius 2 is 0.682 bits per heavy atom. The highest BCUT2D eigenvalue weighted by Gasteiger charge is 2.52. The van der Waals surface area contributed by atoms with Crippen molar-refractivity contribution >= 4 is 60.5 Å². The van der Waals surface area contributed by atoms with Gasteiger partial charge >= 0.3 is 0 Å². The Balaban J connectivity index is 0.810. The molecule has 3 nitrogen and oxygen atoms in total. The Morgan fingerprint density at radius 1 is 0.247 bits per heavy atom. The number of rotatable bonds is 7. The van der Waals surface area contributed by atoms with E-state index in [1.54, 1.807) is 0 Å². The summed E-state index contributed by atoms with van der Waals surface area (Å²) in [4.78, 5) is 2.43. The summed E-state index contributed by atoms with van der Waals surface area (Å²) in [6, 6.07) is 114. The molecule has 0 amide bonds. The third-order valence-corrected chi connectivity index (χ3v) is 18.8. The van der Waals surface area contributed by atoms with Gasteiger partial charge in [0.15, 0.2) is 0 Å². The van der Waals surface area contributed by atoms with E-state index in [1.807, 2.05) is 12.1 Å². The van der Waals surface area contributed by atoms with E-state index >= 15 is 0 Å². The van der Waals surface area contributed by atoms with Crippen molar-refractivity contribution in [3.8, 4) is 56.0 Å². The number of hydrogen-bond donors (Lipinski definition) is 0. The predicted molar refractivity (Wildman–Crippen MR) is 349 cm³/mol. The molecular weight excluding hydrogens is 1030 g/mol. The van der Waals surface area contributed by atoms with Crippen LogP contribution in [0.25, 0.3) is 88.0 Å². The molecule has 1 spiro atoms. The molecule has 15 aromatic rings. The Morgan fingerprint density at radius 3 is 1.29 bits per heavy atom. The molecule has 85 heavy (non-hydrogen) atoms. The molecule has 0 N–H and O–H groups in total. The lowest BCUT2D eigenvalue weighted by molar-refractivity contribution is 0.447. The maximum atomic E-state index is 7.29. The van der Waals surface area contributed by atoms with Crippen LogP contribution in [-0.2, 0) is 10.8 Å². The molecule has 396 valence electrons. The van der Waals surface area contributed by atoms with Crippen molar-refractivity contribution in [3.05, 3.63) is 354 Å². The minimum Gasteiger partial charge on any atom is -0.456 e. The molecule has 3 aliphatic rings. The molecule has 1 aromatic heterocycles. The number of nitrogens with zero attached hydrogens (tertiary/aromatic N) is 1. The van der Waals surface area contributed by atoms with Crippen molar-refractivity contribution in [1.82, 2.24) is 0 Å². The van der Waals surface area contributed by atoms with Gasteiger partial charge in [0.25, 0.3) is 0 Å². The van der Waals surface area contributed by atoms with Crippen molar-refractivity contribution in [2.24, 2.45) is 0 Å². The van der Waals surface area contributed by atoms with Gasteiger partial charge in [0.1, 0.15) is 22.7 Å². The van der Waals surface area contributed by atoms with Gasteiger partial charge in [-0.1, -0.05) is 249 Å². The maximum Gasteiger partial charge on any atom is 0.140 e. The monoisotopic (exact) mass is 1080 g/mol. The summed E-state index contributed by atoms with van der Waals surface area (Å²) in [6.07, 6.45) is 0. The van der Waals surface area contributed by atoms with E-state index in [9.17, 15) is 0 Å². The van der Waals surface area contributed by atoms with E-state index in [0.29, 0.717) is 0 Å². The van der Waals surface area contributed by atoms with Crippen molar-refractivity contribution in [2.75, 3.05) is 4.90 Å². The fraction of sp³-hybridized carbons (Fsp3) is 0.0244. The lowest BCUT2D eigenvalue weighted by Crippen LogP contribution is -2.32. The number of para-hydroxylation sites is 1. The summed E-state index contributed by atoms with van der Waals surface area (Å²) >= 11 is 0. The molecule has 0 unspecified atom stereocenters. The van der Waals surface area contributed by atoms with Gasteiger partial charge in [0.05, 0.1) is 10.8 Å². The molecule has 2 heterocycles. The molecule has 0 saturated carbocycles. The van der Waals surface area contributed by atoms with Gasteiger partial charge in [-0.25, -0.2) is 0 Å². The summed E-state index contributed by atoms with van der Waals surface area (Å²) in [7, 11) is 0. The Hall–Kier alpha value is -11.0. The van der Waals surface area contributed by atoms with E-state index in [-0.39, 0.29) is 0 Å². The normalized spacial score (nSPS) is 13.7. The second-order valence-corrected chi connectivity index (χ2v) is 23.0. The first kappa shape index (κ1) is 47.6. The number of ether oxygens (including phenoxy) is 1. The van der Waals surface area contributed by atoms with Crippen LogP contribution in [0.3, 0.4) is 0 Å². The first-order valence-electron chi connectivity index (χ1n) is 29.4. The van der Waals surface area contributed by atoms with Gasteiger partial charge in [0, 0.05) is 49.7 Å². The Bertz CT molecular complexity index is 5090. The average Bonchev–Trinajstić information content (AvgIpc) is 1.75. The van der Waals surface area contributed by atoms with Crippen LogP contribution in [0.15, 0.2) is 314 Å². The largest absolute Gasteiger partial charge is 0.456 e. The fourth-order valence-electron chi connectivity index (χ4n) is 15.1. The second-order valence-electron chi connectivity index (χ2n) is 23.0. The second kappa shape index (κ2) is 18.2. The van der Waals surface area contributed by atoms with Crippen LogP contribution in [0.4, 0.5) is 17.1 Å². The summed E-state index contributed by atoms with van der Waals surface area (Å²) in [5.41, 5.74) is 23.2. The molecule has 0 saturated heterocycles. The third-order valence-electron chi connectivity index (χ3n) is 18.8. The highest BCUT2D eigenvalue weighted by Crippen LogP contribution is 2.65. The van der Waals surface area contributed by atoms with E-state index in [1.165, 1.54) is 55.6 Å². The van der Waals surface area contributed by atoms with Gasteiger partial charge in [0.2, 0.25) is 0 Å². The van der Waals surface area contributed by atoms with Crippen molar-refractivity contribution in [1.29, 1.82) is 0 Å². The van der Waals surface area contributed by atoms with Crippen LogP contribution in [-0.4, -0.2) is 0 Å². The van der Waals surface area contributed by atoms with Crippen LogP contribution >= 0.6 is 0 Å².